The van der Waals surface area contributed by atoms with Crippen molar-refractivity contribution < 1.29 is 38.2 Å². The standard InChI is InChI=1S/C62H113NO7/c1-6-8-10-12-14-16-18-20-22-24-26-28-30-32-34-36-38-40-42-44-46-48-50-52-60(64)69-57-58(56-68-55-54-59(62(66)67)63(3,4)5)70-61(65)53-51-49-47-45-43-41-39-37-35-33-31-29-27-25-23-21-19-17-15-13-11-9-7-2/h8,10,14,16,20,22,26,28,58-59H,6-7,9,11-13,15,17-19,21,23-25,27,29-57H2,1-5H3/p+1/b10-8+,16-14+,22-20+,28-26+. The van der Waals surface area contributed by atoms with Crippen LogP contribution in [0.5, 0.6) is 0 Å². The number of unbranched alkanes of at least 4 members (excludes halogenated alkanes) is 32. The van der Waals surface area contributed by atoms with Gasteiger partial charge in [0.1, 0.15) is 6.61 Å². The number of ether oxygens (including phenoxy) is 3. The molecule has 2 atom stereocenters. The molecule has 0 aliphatic heterocycles. The first-order valence-electron chi connectivity index (χ1n) is 29.7. The van der Waals surface area contributed by atoms with E-state index in [0.717, 1.165) is 64.2 Å². The lowest BCUT2D eigenvalue weighted by Crippen LogP contribution is -2.50. The van der Waals surface area contributed by atoms with E-state index in [-0.39, 0.29) is 36.2 Å². The summed E-state index contributed by atoms with van der Waals surface area (Å²) in [6.45, 7) is 4.67. The molecule has 0 rings (SSSR count). The highest BCUT2D eigenvalue weighted by Gasteiger charge is 2.31. The van der Waals surface area contributed by atoms with E-state index in [2.05, 4.69) is 62.5 Å². The van der Waals surface area contributed by atoms with E-state index >= 15 is 0 Å². The molecule has 2 unspecified atom stereocenters. The largest absolute Gasteiger partial charge is 0.477 e. The minimum atomic E-state index is -0.872. The Hall–Kier alpha value is -2.71. The van der Waals surface area contributed by atoms with Gasteiger partial charge >= 0.3 is 17.9 Å². The van der Waals surface area contributed by atoms with Crippen molar-refractivity contribution in [3.05, 3.63) is 48.6 Å². The molecule has 0 fully saturated rings. The second-order valence-electron chi connectivity index (χ2n) is 21.2. The zero-order valence-corrected chi connectivity index (χ0v) is 46.7. The fraction of sp³-hybridized carbons (Fsp3) is 0.823. The van der Waals surface area contributed by atoms with Gasteiger partial charge in [-0.1, -0.05) is 255 Å². The Kier molecular flexibility index (Phi) is 50.6. The van der Waals surface area contributed by atoms with E-state index in [0.29, 0.717) is 19.3 Å². The topological polar surface area (TPSA) is 99.1 Å². The molecule has 0 aliphatic rings. The van der Waals surface area contributed by atoms with Crippen molar-refractivity contribution in [2.24, 2.45) is 0 Å². The molecular weight excluding hydrogens is 871 g/mol. The van der Waals surface area contributed by atoms with Gasteiger partial charge in [-0.2, -0.15) is 0 Å². The number of hydrogen-bond acceptors (Lipinski definition) is 6. The second kappa shape index (κ2) is 52.6. The average Bonchev–Trinajstić information content (AvgIpc) is 3.33. The first-order valence-corrected chi connectivity index (χ1v) is 29.7. The normalized spacial score (nSPS) is 13.1. The van der Waals surface area contributed by atoms with Crippen LogP contribution in [0.4, 0.5) is 0 Å². The molecule has 0 saturated heterocycles. The number of aliphatic carboxylic acids is 1. The zero-order chi connectivity index (χ0) is 51.3. The molecule has 1 N–H and O–H groups in total. The van der Waals surface area contributed by atoms with Gasteiger partial charge in [0.2, 0.25) is 0 Å². The number of carboxylic acid groups (broad SMARTS) is 1. The average molecular weight is 986 g/mol. The summed E-state index contributed by atoms with van der Waals surface area (Å²) >= 11 is 0. The Labute approximate surface area is 433 Å². The van der Waals surface area contributed by atoms with E-state index in [1.807, 2.05) is 21.1 Å². The smallest absolute Gasteiger partial charge is 0.362 e. The highest BCUT2D eigenvalue weighted by Crippen LogP contribution is 2.17. The maximum Gasteiger partial charge on any atom is 0.362 e. The van der Waals surface area contributed by atoms with E-state index in [9.17, 15) is 19.5 Å². The van der Waals surface area contributed by atoms with E-state index in [1.54, 1.807) is 0 Å². The second-order valence-corrected chi connectivity index (χ2v) is 21.2. The summed E-state index contributed by atoms with van der Waals surface area (Å²) in [5.74, 6) is -1.45. The number of nitrogens with zero attached hydrogens (tertiary/aromatic N) is 1. The number of hydrogen-bond donors (Lipinski definition) is 1. The lowest BCUT2D eigenvalue weighted by atomic mass is 10.0. The van der Waals surface area contributed by atoms with Crippen molar-refractivity contribution in [3.8, 4) is 0 Å². The van der Waals surface area contributed by atoms with Crippen molar-refractivity contribution in [2.75, 3.05) is 41.0 Å². The highest BCUT2D eigenvalue weighted by atomic mass is 16.6. The molecule has 0 heterocycles. The van der Waals surface area contributed by atoms with Crippen LogP contribution in [0.1, 0.15) is 277 Å². The molecule has 0 bridgehead atoms. The monoisotopic (exact) mass is 985 g/mol. The molecule has 0 aromatic carbocycles. The third-order valence-corrected chi connectivity index (χ3v) is 13.5. The molecular formula is C62H114NO7+. The molecule has 0 aromatic rings. The molecule has 0 aromatic heterocycles. The van der Waals surface area contributed by atoms with Crippen molar-refractivity contribution in [1.29, 1.82) is 0 Å². The lowest BCUT2D eigenvalue weighted by molar-refractivity contribution is -0.887. The van der Waals surface area contributed by atoms with Crippen LogP contribution in [-0.2, 0) is 28.6 Å². The minimum Gasteiger partial charge on any atom is -0.477 e. The lowest BCUT2D eigenvalue weighted by Gasteiger charge is -2.31. The molecule has 70 heavy (non-hydrogen) atoms. The van der Waals surface area contributed by atoms with Crippen molar-refractivity contribution >= 4 is 17.9 Å². The predicted molar refractivity (Wildman–Crippen MR) is 298 cm³/mol. The molecule has 0 spiro atoms. The van der Waals surface area contributed by atoms with E-state index in [4.69, 9.17) is 14.2 Å². The van der Waals surface area contributed by atoms with Gasteiger partial charge in [0.25, 0.3) is 0 Å². The van der Waals surface area contributed by atoms with Crippen LogP contribution in [0, 0.1) is 0 Å². The molecule has 8 heteroatoms. The SMILES string of the molecule is CC/C=C/C/C=C/C/C=C/C/C=C/CCCCCCCCCCCCC(=O)OCC(COCCC(C(=O)O)[N+](C)(C)C)OC(=O)CCCCCCCCCCCCCCCCCCCCCCCCC. The Balaban J connectivity index is 4.13. The predicted octanol–water partition coefficient (Wildman–Crippen LogP) is 17.9. The van der Waals surface area contributed by atoms with Crippen LogP contribution in [0.15, 0.2) is 48.6 Å². The Morgan fingerprint density at radius 3 is 1.19 bits per heavy atom. The maximum atomic E-state index is 12.9. The zero-order valence-electron chi connectivity index (χ0n) is 46.7. The summed E-state index contributed by atoms with van der Waals surface area (Å²) in [6, 6.07) is -0.616. The number of carbonyl (C=O) groups excluding carboxylic acids is 2. The van der Waals surface area contributed by atoms with Crippen LogP contribution >= 0.6 is 0 Å². The Morgan fingerprint density at radius 1 is 0.443 bits per heavy atom. The first kappa shape index (κ1) is 67.3. The number of likely N-dealkylation sites (N-methyl/N-ethyl adjacent to an activating group) is 1. The van der Waals surface area contributed by atoms with Crippen LogP contribution in [0.2, 0.25) is 0 Å². The number of esters is 2. The van der Waals surface area contributed by atoms with E-state index < -0.39 is 18.1 Å². The van der Waals surface area contributed by atoms with Gasteiger partial charge in [0, 0.05) is 19.3 Å². The third-order valence-electron chi connectivity index (χ3n) is 13.5. The summed E-state index contributed by atoms with van der Waals surface area (Å²) < 4.78 is 17.4. The van der Waals surface area contributed by atoms with Crippen LogP contribution in [-0.4, -0.2) is 80.6 Å². The quantitative estimate of drug-likeness (QED) is 0.0280. The fourth-order valence-corrected chi connectivity index (χ4v) is 8.97. The van der Waals surface area contributed by atoms with Gasteiger partial charge in [-0.25, -0.2) is 4.79 Å². The van der Waals surface area contributed by atoms with Crippen molar-refractivity contribution in [1.82, 2.24) is 0 Å². The van der Waals surface area contributed by atoms with Gasteiger partial charge in [-0.05, 0) is 51.4 Å². The third kappa shape index (κ3) is 50.2. The Morgan fingerprint density at radius 2 is 0.800 bits per heavy atom. The van der Waals surface area contributed by atoms with Crippen molar-refractivity contribution in [2.45, 2.75) is 289 Å². The fourth-order valence-electron chi connectivity index (χ4n) is 8.97. The van der Waals surface area contributed by atoms with Gasteiger partial charge in [0.05, 0.1) is 34.4 Å². The number of carbonyl (C=O) groups is 3. The number of carboxylic acids is 1. The molecule has 0 aliphatic carbocycles. The summed E-state index contributed by atoms with van der Waals surface area (Å²) in [5, 5.41) is 9.69. The highest BCUT2D eigenvalue weighted by molar-refractivity contribution is 5.72. The van der Waals surface area contributed by atoms with Crippen molar-refractivity contribution in [3.63, 3.8) is 0 Å². The molecule has 0 saturated carbocycles. The summed E-state index contributed by atoms with van der Waals surface area (Å²) in [5.41, 5.74) is 0. The van der Waals surface area contributed by atoms with Gasteiger partial charge in [-0.3, -0.25) is 9.59 Å². The van der Waals surface area contributed by atoms with Crippen LogP contribution < -0.4 is 0 Å². The summed E-state index contributed by atoms with van der Waals surface area (Å²) in [7, 11) is 5.55. The minimum absolute atomic E-state index is 0.0505. The van der Waals surface area contributed by atoms with Gasteiger partial charge < -0.3 is 23.8 Å². The Bertz CT molecular complexity index is 1280. The first-order chi connectivity index (χ1) is 34.1. The maximum absolute atomic E-state index is 12.9. The molecule has 408 valence electrons. The van der Waals surface area contributed by atoms with Gasteiger partial charge in [0.15, 0.2) is 12.1 Å². The van der Waals surface area contributed by atoms with Gasteiger partial charge in [-0.15, -0.1) is 0 Å². The van der Waals surface area contributed by atoms with Crippen LogP contribution in [0.25, 0.3) is 0 Å². The molecule has 0 radical (unpaired) electrons. The van der Waals surface area contributed by atoms with E-state index in [1.165, 1.54) is 180 Å². The summed E-state index contributed by atoms with van der Waals surface area (Å²) in [6.07, 6.45) is 66.1. The molecule has 0 amide bonds. The molecule has 8 nitrogen and oxygen atoms in total. The number of quaternary nitrogens is 1. The number of allylic oxidation sites excluding steroid dienone is 8. The number of rotatable bonds is 54. The van der Waals surface area contributed by atoms with Crippen LogP contribution in [0.3, 0.4) is 0 Å². The summed E-state index contributed by atoms with van der Waals surface area (Å²) in [4.78, 5) is 37.3.